The third-order valence-corrected chi connectivity index (χ3v) is 4.86. The molecule has 0 saturated carbocycles. The number of rotatable bonds is 7. The van der Waals surface area contributed by atoms with Crippen LogP contribution in [0.1, 0.15) is 12.8 Å². The molecular formula is C11H13ClN2O6S. The Bertz CT molecular complexity index is 661. The van der Waals surface area contributed by atoms with Gasteiger partial charge in [0.2, 0.25) is 10.0 Å². The number of hydrogen-bond donors (Lipinski definition) is 1. The molecular weight excluding hydrogens is 324 g/mol. The van der Waals surface area contributed by atoms with E-state index in [9.17, 15) is 23.3 Å². The molecule has 0 aliphatic heterocycles. The molecule has 10 heteroatoms. The van der Waals surface area contributed by atoms with Crippen molar-refractivity contribution in [2.75, 3.05) is 13.6 Å². The topological polar surface area (TPSA) is 118 Å². The van der Waals surface area contributed by atoms with E-state index in [0.717, 1.165) is 16.4 Å². The summed E-state index contributed by atoms with van der Waals surface area (Å²) in [6.45, 7) is -0.00887. The van der Waals surface area contributed by atoms with Crippen LogP contribution in [-0.2, 0) is 14.8 Å². The maximum Gasteiger partial charge on any atom is 0.303 e. The van der Waals surface area contributed by atoms with Crippen LogP contribution in [-0.4, -0.2) is 42.3 Å². The van der Waals surface area contributed by atoms with E-state index in [1.54, 1.807) is 0 Å². The molecule has 1 aromatic carbocycles. The Hall–Kier alpha value is -1.71. The van der Waals surface area contributed by atoms with E-state index in [4.69, 9.17) is 16.7 Å². The number of nitro groups is 1. The van der Waals surface area contributed by atoms with Crippen molar-refractivity contribution < 1.29 is 23.2 Å². The highest BCUT2D eigenvalue weighted by atomic mass is 35.5. The maximum absolute atomic E-state index is 12.2. The number of carboxylic acids is 1. The molecule has 8 nitrogen and oxygen atoms in total. The first-order valence-electron chi connectivity index (χ1n) is 5.78. The summed E-state index contributed by atoms with van der Waals surface area (Å²) in [5.74, 6) is -1.03. The number of aliphatic carboxylic acids is 1. The van der Waals surface area contributed by atoms with Crippen LogP contribution in [0.4, 0.5) is 5.69 Å². The number of nitro benzene ring substituents is 1. The first-order valence-corrected chi connectivity index (χ1v) is 7.60. The molecule has 0 heterocycles. The second-order valence-corrected chi connectivity index (χ2v) is 6.65. The van der Waals surface area contributed by atoms with Crippen molar-refractivity contribution in [3.63, 3.8) is 0 Å². The smallest absolute Gasteiger partial charge is 0.303 e. The van der Waals surface area contributed by atoms with E-state index in [1.807, 2.05) is 0 Å². The molecule has 1 N–H and O–H groups in total. The normalized spacial score (nSPS) is 11.6. The molecule has 0 unspecified atom stereocenters. The number of sulfonamides is 1. The molecule has 0 fully saturated rings. The van der Waals surface area contributed by atoms with Crippen molar-refractivity contribution in [3.8, 4) is 0 Å². The fourth-order valence-corrected chi connectivity index (χ4v) is 2.96. The van der Waals surface area contributed by atoms with Gasteiger partial charge in [-0.2, -0.15) is 0 Å². The monoisotopic (exact) mass is 336 g/mol. The van der Waals surface area contributed by atoms with E-state index in [2.05, 4.69) is 0 Å². The molecule has 0 bridgehead atoms. The van der Waals surface area contributed by atoms with E-state index in [-0.39, 0.29) is 29.3 Å². The molecule has 0 saturated heterocycles. The van der Waals surface area contributed by atoms with Crippen molar-refractivity contribution >= 4 is 33.3 Å². The van der Waals surface area contributed by atoms with Crippen LogP contribution in [0.3, 0.4) is 0 Å². The Kier molecular flexibility index (Phi) is 5.64. The lowest BCUT2D eigenvalue weighted by atomic mass is 10.3. The number of carbonyl (C=O) groups is 1. The lowest BCUT2D eigenvalue weighted by Gasteiger charge is -2.16. The fraction of sp³-hybridized carbons (Fsp3) is 0.364. The lowest BCUT2D eigenvalue weighted by molar-refractivity contribution is -0.384. The highest BCUT2D eigenvalue weighted by Gasteiger charge is 2.24. The van der Waals surface area contributed by atoms with Crippen molar-refractivity contribution in [3.05, 3.63) is 33.3 Å². The summed E-state index contributed by atoms with van der Waals surface area (Å²) in [6, 6.07) is 3.18. The highest BCUT2D eigenvalue weighted by Crippen LogP contribution is 2.28. The maximum atomic E-state index is 12.2. The minimum Gasteiger partial charge on any atom is -0.481 e. The molecule has 0 radical (unpaired) electrons. The van der Waals surface area contributed by atoms with Gasteiger partial charge in [0.05, 0.1) is 9.82 Å². The Morgan fingerprint density at radius 1 is 1.48 bits per heavy atom. The lowest BCUT2D eigenvalue weighted by Crippen LogP contribution is -2.28. The first kappa shape index (κ1) is 17.3. The van der Waals surface area contributed by atoms with E-state index >= 15 is 0 Å². The number of halogens is 1. The number of hydrogen-bond acceptors (Lipinski definition) is 5. The van der Waals surface area contributed by atoms with Crippen LogP contribution in [0.15, 0.2) is 23.1 Å². The Morgan fingerprint density at radius 3 is 2.62 bits per heavy atom. The summed E-state index contributed by atoms with van der Waals surface area (Å²) in [7, 11) is -2.66. The molecule has 0 spiro atoms. The van der Waals surface area contributed by atoms with Gasteiger partial charge < -0.3 is 5.11 Å². The molecule has 116 valence electrons. The Morgan fingerprint density at radius 2 is 2.10 bits per heavy atom. The van der Waals surface area contributed by atoms with E-state index in [1.165, 1.54) is 13.1 Å². The van der Waals surface area contributed by atoms with E-state index < -0.39 is 26.6 Å². The van der Waals surface area contributed by atoms with Gasteiger partial charge in [0, 0.05) is 26.1 Å². The van der Waals surface area contributed by atoms with Crippen LogP contribution < -0.4 is 0 Å². The third-order valence-electron chi connectivity index (χ3n) is 2.69. The molecule has 0 atom stereocenters. The van der Waals surface area contributed by atoms with Gasteiger partial charge in [-0.15, -0.1) is 0 Å². The van der Waals surface area contributed by atoms with Crippen LogP contribution in [0, 0.1) is 10.1 Å². The van der Waals surface area contributed by atoms with Gasteiger partial charge in [0.1, 0.15) is 5.02 Å². The van der Waals surface area contributed by atoms with Crippen molar-refractivity contribution in [2.45, 2.75) is 17.7 Å². The first-order chi connectivity index (χ1) is 9.66. The van der Waals surface area contributed by atoms with Gasteiger partial charge in [-0.25, -0.2) is 12.7 Å². The summed E-state index contributed by atoms with van der Waals surface area (Å²) in [5.41, 5.74) is -0.503. The van der Waals surface area contributed by atoms with Crippen LogP contribution >= 0.6 is 11.6 Å². The molecule has 21 heavy (non-hydrogen) atoms. The average Bonchev–Trinajstić information content (AvgIpc) is 2.37. The zero-order valence-electron chi connectivity index (χ0n) is 11.0. The molecule has 1 aromatic rings. The average molecular weight is 337 g/mol. The van der Waals surface area contributed by atoms with Gasteiger partial charge in [-0.1, -0.05) is 11.6 Å². The highest BCUT2D eigenvalue weighted by molar-refractivity contribution is 7.89. The molecule has 0 aliphatic carbocycles. The van der Waals surface area contributed by atoms with Crippen LogP contribution in [0.5, 0.6) is 0 Å². The fourth-order valence-electron chi connectivity index (χ4n) is 1.55. The van der Waals surface area contributed by atoms with Gasteiger partial charge in [-0.05, 0) is 18.6 Å². The van der Waals surface area contributed by atoms with Gasteiger partial charge in [0.25, 0.3) is 5.69 Å². The minimum absolute atomic E-state index is 0.00887. The second kappa shape index (κ2) is 6.83. The van der Waals surface area contributed by atoms with Crippen molar-refractivity contribution in [1.82, 2.24) is 4.31 Å². The zero-order valence-corrected chi connectivity index (χ0v) is 12.6. The largest absolute Gasteiger partial charge is 0.481 e. The van der Waals surface area contributed by atoms with Gasteiger partial charge >= 0.3 is 5.97 Å². The second-order valence-electron chi connectivity index (χ2n) is 4.19. The standard InChI is InChI=1S/C11H13ClN2O6S/c1-13(6-2-3-11(15)16)21(19,20)8-4-5-9(12)10(7-8)14(17)18/h4-5,7H,2-3,6H2,1H3,(H,15,16). The predicted molar refractivity (Wildman–Crippen MR) is 74.8 cm³/mol. The molecule has 0 amide bonds. The van der Waals surface area contributed by atoms with Crippen molar-refractivity contribution in [1.29, 1.82) is 0 Å². The zero-order chi connectivity index (χ0) is 16.2. The Labute approximate surface area is 126 Å². The Balaban J connectivity index is 2.99. The van der Waals surface area contributed by atoms with Crippen molar-refractivity contribution in [2.24, 2.45) is 0 Å². The van der Waals surface area contributed by atoms with Crippen LogP contribution in [0.25, 0.3) is 0 Å². The number of benzene rings is 1. The van der Waals surface area contributed by atoms with Gasteiger partial charge in [0.15, 0.2) is 0 Å². The molecule has 0 aliphatic rings. The summed E-state index contributed by atoms with van der Waals surface area (Å²) >= 11 is 5.62. The molecule has 1 rings (SSSR count). The van der Waals surface area contributed by atoms with Crippen LogP contribution in [0.2, 0.25) is 5.02 Å². The number of nitrogens with zero attached hydrogens (tertiary/aromatic N) is 2. The summed E-state index contributed by atoms with van der Waals surface area (Å²) in [4.78, 5) is 20.1. The molecule has 0 aromatic heterocycles. The summed E-state index contributed by atoms with van der Waals surface area (Å²) < 4.78 is 25.4. The van der Waals surface area contributed by atoms with Gasteiger partial charge in [-0.3, -0.25) is 14.9 Å². The van der Waals surface area contributed by atoms with E-state index in [0.29, 0.717) is 0 Å². The summed E-state index contributed by atoms with van der Waals surface area (Å²) in [5, 5.41) is 19.1. The number of carboxylic acid groups (broad SMARTS) is 1. The predicted octanol–water partition coefficient (Wildman–Crippen LogP) is 1.73. The third kappa shape index (κ3) is 4.38. The minimum atomic E-state index is -3.93. The summed E-state index contributed by atoms with van der Waals surface area (Å²) in [6.07, 6.45) is -0.0264. The quantitative estimate of drug-likeness (QED) is 0.598. The SMILES string of the molecule is CN(CCCC(=O)O)S(=O)(=O)c1ccc(Cl)c([N+](=O)[O-])c1.